The number of ether oxygens (including phenoxy) is 1. The molecule has 0 saturated carbocycles. The van der Waals surface area contributed by atoms with E-state index in [1.54, 1.807) is 0 Å². The number of aromatic nitrogens is 2. The van der Waals surface area contributed by atoms with Gasteiger partial charge in [0, 0.05) is 23.9 Å². The third kappa shape index (κ3) is 4.38. The van der Waals surface area contributed by atoms with Gasteiger partial charge in [-0.25, -0.2) is 9.78 Å². The van der Waals surface area contributed by atoms with Crippen molar-refractivity contribution in [1.82, 2.24) is 9.55 Å². The second-order valence-electron chi connectivity index (χ2n) is 6.13. The van der Waals surface area contributed by atoms with Crippen LogP contribution in [0, 0.1) is 10.1 Å². The summed E-state index contributed by atoms with van der Waals surface area (Å²) in [4.78, 5) is 38.2. The fraction of sp³-hybridized carbons (Fsp3) is 0.312. The number of hydrogen-bond acceptors (Lipinski definition) is 9. The summed E-state index contributed by atoms with van der Waals surface area (Å²) in [5, 5.41) is 44.2. The Balaban J connectivity index is 1.66. The normalized spacial score (nSPS) is 23.6. The van der Waals surface area contributed by atoms with Gasteiger partial charge >= 0.3 is 6.03 Å². The standard InChI is InChI=1S/C16H17N5O8/c22-6-10-13(24)14(25)15(29-10)20-7-17-11(5-12(20)23)19-16(26)18-8-1-3-9(4-2-8)21(27)28/h1-5,7,10,13-15,22,24-25H,6H2,(H2,18,19,26). The molecule has 2 amide bonds. The first kappa shape index (κ1) is 20.3. The molecule has 1 aromatic carbocycles. The number of anilines is 2. The number of carbonyl (C=O) groups excluding carboxylic acids is 1. The van der Waals surface area contributed by atoms with Crippen LogP contribution in [0.15, 0.2) is 41.5 Å². The Morgan fingerprint density at radius 2 is 1.93 bits per heavy atom. The van der Waals surface area contributed by atoms with Gasteiger partial charge in [0.1, 0.15) is 30.5 Å². The van der Waals surface area contributed by atoms with Gasteiger partial charge in [0.25, 0.3) is 11.2 Å². The third-order valence-corrected chi connectivity index (χ3v) is 4.20. The van der Waals surface area contributed by atoms with Crippen molar-refractivity contribution in [2.45, 2.75) is 24.5 Å². The number of nitrogens with one attached hydrogen (secondary N) is 2. The third-order valence-electron chi connectivity index (χ3n) is 4.20. The molecule has 29 heavy (non-hydrogen) atoms. The number of nitro benzene ring substituents is 1. The molecule has 13 heteroatoms. The molecule has 0 spiro atoms. The van der Waals surface area contributed by atoms with Crippen LogP contribution in [0.25, 0.3) is 0 Å². The van der Waals surface area contributed by atoms with Crippen LogP contribution in [-0.2, 0) is 4.74 Å². The summed E-state index contributed by atoms with van der Waals surface area (Å²) in [5.41, 5.74) is -0.528. The lowest BCUT2D eigenvalue weighted by atomic mass is 10.1. The zero-order valence-corrected chi connectivity index (χ0v) is 14.7. The molecule has 4 unspecified atom stereocenters. The number of amides is 2. The molecule has 0 radical (unpaired) electrons. The van der Waals surface area contributed by atoms with Gasteiger partial charge in [0.15, 0.2) is 6.23 Å². The Labute approximate surface area is 162 Å². The highest BCUT2D eigenvalue weighted by molar-refractivity contribution is 5.99. The Kier molecular flexibility index (Phi) is 5.84. The lowest BCUT2D eigenvalue weighted by Gasteiger charge is -2.17. The van der Waals surface area contributed by atoms with Crippen molar-refractivity contribution in [2.24, 2.45) is 0 Å². The molecular formula is C16H17N5O8. The van der Waals surface area contributed by atoms with Crippen LogP contribution >= 0.6 is 0 Å². The van der Waals surface area contributed by atoms with Crippen molar-refractivity contribution in [1.29, 1.82) is 0 Å². The lowest BCUT2D eigenvalue weighted by molar-refractivity contribution is -0.384. The summed E-state index contributed by atoms with van der Waals surface area (Å²) in [6.45, 7) is -0.542. The number of aliphatic hydroxyl groups is 3. The highest BCUT2D eigenvalue weighted by Crippen LogP contribution is 2.28. The first-order chi connectivity index (χ1) is 13.8. The summed E-state index contributed by atoms with van der Waals surface area (Å²) in [6, 6.07) is 5.35. The predicted molar refractivity (Wildman–Crippen MR) is 97.2 cm³/mol. The largest absolute Gasteiger partial charge is 0.394 e. The van der Waals surface area contributed by atoms with Gasteiger partial charge < -0.3 is 25.4 Å². The summed E-state index contributed by atoms with van der Waals surface area (Å²) in [6.07, 6.45) is -4.10. The molecule has 3 rings (SSSR count). The average Bonchev–Trinajstić information content (AvgIpc) is 2.96. The molecule has 2 heterocycles. The quantitative estimate of drug-likeness (QED) is 0.318. The van der Waals surface area contributed by atoms with Gasteiger partial charge in [-0.3, -0.25) is 24.8 Å². The lowest BCUT2D eigenvalue weighted by Crippen LogP contribution is -2.35. The number of nitro groups is 1. The summed E-state index contributed by atoms with van der Waals surface area (Å²) < 4.78 is 6.17. The zero-order chi connectivity index (χ0) is 21.1. The maximum absolute atomic E-state index is 12.3. The van der Waals surface area contributed by atoms with Crippen LogP contribution in [0.2, 0.25) is 0 Å². The van der Waals surface area contributed by atoms with Crippen molar-refractivity contribution in [3.05, 3.63) is 57.1 Å². The van der Waals surface area contributed by atoms with Crippen molar-refractivity contribution in [3.63, 3.8) is 0 Å². The molecule has 154 valence electrons. The molecule has 0 bridgehead atoms. The van der Waals surface area contributed by atoms with Gasteiger partial charge in [-0.15, -0.1) is 0 Å². The van der Waals surface area contributed by atoms with E-state index in [0.29, 0.717) is 0 Å². The van der Waals surface area contributed by atoms with Crippen molar-refractivity contribution in [3.8, 4) is 0 Å². The minimum absolute atomic E-state index is 0.0996. The molecule has 1 fully saturated rings. The van der Waals surface area contributed by atoms with Gasteiger partial charge in [-0.05, 0) is 12.1 Å². The van der Waals surface area contributed by atoms with Crippen molar-refractivity contribution >= 4 is 23.2 Å². The van der Waals surface area contributed by atoms with Crippen LogP contribution in [-0.4, -0.2) is 60.7 Å². The second-order valence-corrected chi connectivity index (χ2v) is 6.13. The fourth-order valence-corrected chi connectivity index (χ4v) is 2.72. The van der Waals surface area contributed by atoms with E-state index in [-0.39, 0.29) is 17.2 Å². The van der Waals surface area contributed by atoms with Crippen LogP contribution in [0.1, 0.15) is 6.23 Å². The zero-order valence-electron chi connectivity index (χ0n) is 14.7. The SMILES string of the molecule is O=C(Nc1ccc([N+](=O)[O-])cc1)Nc1cc(=O)n(C2OC(CO)C(O)C2O)cn1. The molecule has 1 aliphatic heterocycles. The highest BCUT2D eigenvalue weighted by Gasteiger charge is 2.43. The van der Waals surface area contributed by atoms with E-state index < -0.39 is 47.7 Å². The van der Waals surface area contributed by atoms with E-state index in [1.165, 1.54) is 24.3 Å². The topological polar surface area (TPSA) is 189 Å². The molecule has 1 saturated heterocycles. The number of nitrogens with zero attached hydrogens (tertiary/aromatic N) is 3. The number of aliphatic hydroxyl groups excluding tert-OH is 3. The Morgan fingerprint density at radius 1 is 1.24 bits per heavy atom. The van der Waals surface area contributed by atoms with E-state index in [1.807, 2.05) is 0 Å². The first-order valence-corrected chi connectivity index (χ1v) is 8.33. The molecule has 2 aromatic rings. The maximum Gasteiger partial charge on any atom is 0.324 e. The van der Waals surface area contributed by atoms with E-state index in [0.717, 1.165) is 17.0 Å². The Bertz CT molecular complexity index is 963. The number of non-ortho nitro benzene ring substituents is 1. The minimum atomic E-state index is -1.45. The van der Waals surface area contributed by atoms with Crippen molar-refractivity contribution in [2.75, 3.05) is 17.2 Å². The molecule has 1 aliphatic rings. The summed E-state index contributed by atoms with van der Waals surface area (Å²) >= 11 is 0. The number of hydrogen-bond donors (Lipinski definition) is 5. The van der Waals surface area contributed by atoms with Gasteiger partial charge in [0.05, 0.1) is 11.5 Å². The fourth-order valence-electron chi connectivity index (χ4n) is 2.72. The van der Waals surface area contributed by atoms with Crippen LogP contribution < -0.4 is 16.2 Å². The van der Waals surface area contributed by atoms with E-state index in [2.05, 4.69) is 15.6 Å². The summed E-state index contributed by atoms with van der Waals surface area (Å²) in [5.74, 6) is -0.0996. The van der Waals surface area contributed by atoms with Crippen LogP contribution in [0.3, 0.4) is 0 Å². The molecule has 0 aliphatic carbocycles. The molecule has 4 atom stereocenters. The monoisotopic (exact) mass is 407 g/mol. The number of rotatable bonds is 5. The molecule has 13 nitrogen and oxygen atoms in total. The number of carbonyl (C=O) groups is 1. The predicted octanol–water partition coefficient (Wildman–Crippen LogP) is -0.593. The van der Waals surface area contributed by atoms with E-state index in [4.69, 9.17) is 9.84 Å². The van der Waals surface area contributed by atoms with Gasteiger partial charge in [-0.2, -0.15) is 0 Å². The van der Waals surface area contributed by atoms with Crippen LogP contribution in [0.5, 0.6) is 0 Å². The van der Waals surface area contributed by atoms with Gasteiger partial charge in [0.2, 0.25) is 0 Å². The van der Waals surface area contributed by atoms with E-state index >= 15 is 0 Å². The smallest absolute Gasteiger partial charge is 0.324 e. The Hall–Kier alpha value is -3.39. The number of benzene rings is 1. The van der Waals surface area contributed by atoms with Gasteiger partial charge in [-0.1, -0.05) is 0 Å². The minimum Gasteiger partial charge on any atom is -0.394 e. The first-order valence-electron chi connectivity index (χ1n) is 8.33. The molecule has 1 aromatic heterocycles. The maximum atomic E-state index is 12.3. The average molecular weight is 407 g/mol. The Morgan fingerprint density at radius 3 is 2.48 bits per heavy atom. The highest BCUT2D eigenvalue weighted by atomic mass is 16.6. The molecular weight excluding hydrogens is 390 g/mol. The number of urea groups is 1. The second kappa shape index (κ2) is 8.32. The van der Waals surface area contributed by atoms with E-state index in [9.17, 15) is 29.9 Å². The molecule has 5 N–H and O–H groups in total. The van der Waals surface area contributed by atoms with Crippen LogP contribution in [0.4, 0.5) is 22.0 Å². The van der Waals surface area contributed by atoms with Crippen molar-refractivity contribution < 1.29 is 29.8 Å². The summed E-state index contributed by atoms with van der Waals surface area (Å²) in [7, 11) is 0.